The number of benzene rings is 1. The second-order valence-corrected chi connectivity index (χ2v) is 6.83. The van der Waals surface area contributed by atoms with Gasteiger partial charge in [-0.2, -0.15) is 0 Å². The molecule has 1 aromatic heterocycles. The molecule has 0 saturated carbocycles. The summed E-state index contributed by atoms with van der Waals surface area (Å²) >= 11 is 0. The molecule has 3 heterocycles. The SMILES string of the molecule is Cc1cccc(N2CCC(NC(=O)C3Cc4ccccc4O3)CC2)n1. The van der Waals surface area contributed by atoms with E-state index >= 15 is 0 Å². The van der Waals surface area contributed by atoms with Crippen LogP contribution in [0.5, 0.6) is 5.75 Å². The Bertz CT molecular complexity index is 744. The number of fused-ring (bicyclic) bond motifs is 1. The van der Waals surface area contributed by atoms with E-state index in [-0.39, 0.29) is 11.9 Å². The second-order valence-electron chi connectivity index (χ2n) is 6.83. The van der Waals surface area contributed by atoms with Crippen LogP contribution in [0.25, 0.3) is 0 Å². The van der Waals surface area contributed by atoms with Gasteiger partial charge < -0.3 is 15.0 Å². The highest BCUT2D eigenvalue weighted by molar-refractivity contribution is 5.82. The van der Waals surface area contributed by atoms with Crippen LogP contribution in [-0.4, -0.2) is 36.1 Å². The van der Waals surface area contributed by atoms with Crippen molar-refractivity contribution in [3.63, 3.8) is 0 Å². The number of piperidine rings is 1. The lowest BCUT2D eigenvalue weighted by atomic mass is 10.0. The fourth-order valence-electron chi connectivity index (χ4n) is 3.58. The van der Waals surface area contributed by atoms with Crippen LogP contribution in [0.15, 0.2) is 42.5 Å². The van der Waals surface area contributed by atoms with Crippen molar-refractivity contribution in [2.24, 2.45) is 0 Å². The summed E-state index contributed by atoms with van der Waals surface area (Å²) in [6, 6.07) is 14.2. The molecular formula is C20H23N3O2. The molecule has 1 atom stereocenters. The van der Waals surface area contributed by atoms with Crippen molar-refractivity contribution in [2.75, 3.05) is 18.0 Å². The van der Waals surface area contributed by atoms with Crippen molar-refractivity contribution in [2.45, 2.75) is 38.3 Å². The van der Waals surface area contributed by atoms with Crippen molar-refractivity contribution in [3.05, 3.63) is 53.7 Å². The molecule has 2 aromatic rings. The number of carbonyl (C=O) groups excluding carboxylic acids is 1. The molecule has 4 rings (SSSR count). The Hall–Kier alpha value is -2.56. The number of aromatic nitrogens is 1. The van der Waals surface area contributed by atoms with Crippen molar-refractivity contribution >= 4 is 11.7 Å². The smallest absolute Gasteiger partial charge is 0.261 e. The number of carbonyl (C=O) groups is 1. The number of amides is 1. The molecule has 1 fully saturated rings. The van der Waals surface area contributed by atoms with Crippen molar-refractivity contribution in [1.29, 1.82) is 0 Å². The molecule has 130 valence electrons. The summed E-state index contributed by atoms with van der Waals surface area (Å²) in [7, 11) is 0. The Morgan fingerprint density at radius 3 is 2.72 bits per heavy atom. The van der Waals surface area contributed by atoms with Crippen LogP contribution in [0.1, 0.15) is 24.1 Å². The van der Waals surface area contributed by atoms with Gasteiger partial charge in [-0.3, -0.25) is 4.79 Å². The first-order valence-electron chi connectivity index (χ1n) is 8.92. The lowest BCUT2D eigenvalue weighted by Crippen LogP contribution is -2.48. The fourth-order valence-corrected chi connectivity index (χ4v) is 3.58. The maximum atomic E-state index is 12.5. The van der Waals surface area contributed by atoms with Crippen molar-refractivity contribution in [3.8, 4) is 5.75 Å². The maximum absolute atomic E-state index is 12.5. The quantitative estimate of drug-likeness (QED) is 0.935. The third kappa shape index (κ3) is 3.45. The van der Waals surface area contributed by atoms with E-state index in [2.05, 4.69) is 21.3 Å². The van der Waals surface area contributed by atoms with Crippen LogP contribution in [0.3, 0.4) is 0 Å². The Morgan fingerprint density at radius 2 is 1.96 bits per heavy atom. The number of nitrogens with one attached hydrogen (secondary N) is 1. The lowest BCUT2D eigenvalue weighted by molar-refractivity contribution is -0.128. The highest BCUT2D eigenvalue weighted by Gasteiger charge is 2.31. The van der Waals surface area contributed by atoms with Gasteiger partial charge in [0, 0.05) is 31.2 Å². The van der Waals surface area contributed by atoms with Gasteiger partial charge in [-0.25, -0.2) is 4.98 Å². The van der Waals surface area contributed by atoms with Gasteiger partial charge in [-0.1, -0.05) is 24.3 Å². The topological polar surface area (TPSA) is 54.5 Å². The van der Waals surface area contributed by atoms with Gasteiger partial charge in [0.1, 0.15) is 11.6 Å². The van der Waals surface area contributed by atoms with E-state index in [1.807, 2.05) is 43.3 Å². The molecule has 1 unspecified atom stereocenters. The molecule has 0 radical (unpaired) electrons. The first-order valence-corrected chi connectivity index (χ1v) is 8.92. The average molecular weight is 337 g/mol. The highest BCUT2D eigenvalue weighted by Crippen LogP contribution is 2.28. The Balaban J connectivity index is 1.30. The van der Waals surface area contributed by atoms with Crippen LogP contribution < -0.4 is 15.0 Å². The molecule has 1 aromatic carbocycles. The number of nitrogens with zero attached hydrogens (tertiary/aromatic N) is 2. The Labute approximate surface area is 148 Å². The second kappa shape index (κ2) is 6.75. The van der Waals surface area contributed by atoms with Gasteiger partial charge in [-0.15, -0.1) is 0 Å². The van der Waals surface area contributed by atoms with Crippen LogP contribution >= 0.6 is 0 Å². The van der Waals surface area contributed by atoms with E-state index in [1.165, 1.54) is 0 Å². The third-order valence-electron chi connectivity index (χ3n) is 4.98. The number of anilines is 1. The van der Waals surface area contributed by atoms with E-state index in [0.29, 0.717) is 6.42 Å². The number of para-hydroxylation sites is 1. The third-order valence-corrected chi connectivity index (χ3v) is 4.98. The van der Waals surface area contributed by atoms with Crippen LogP contribution in [0.4, 0.5) is 5.82 Å². The number of hydrogen-bond donors (Lipinski definition) is 1. The number of rotatable bonds is 3. The summed E-state index contributed by atoms with van der Waals surface area (Å²) in [5, 5.41) is 3.17. The Morgan fingerprint density at radius 1 is 1.16 bits per heavy atom. The normalized spacial score (nSPS) is 20.0. The minimum Gasteiger partial charge on any atom is -0.480 e. The van der Waals surface area contributed by atoms with Gasteiger partial charge >= 0.3 is 0 Å². The lowest BCUT2D eigenvalue weighted by Gasteiger charge is -2.33. The predicted octanol–water partition coefficient (Wildman–Crippen LogP) is 2.48. The summed E-state index contributed by atoms with van der Waals surface area (Å²) in [5.41, 5.74) is 2.15. The molecule has 1 N–H and O–H groups in total. The van der Waals surface area contributed by atoms with Crippen LogP contribution in [0, 0.1) is 6.92 Å². The van der Waals surface area contributed by atoms with Crippen molar-refractivity contribution in [1.82, 2.24) is 10.3 Å². The minimum absolute atomic E-state index is 0.00308. The average Bonchev–Trinajstić information content (AvgIpc) is 3.07. The van der Waals surface area contributed by atoms with E-state index in [1.54, 1.807) is 0 Å². The molecule has 2 aliphatic heterocycles. The molecule has 0 bridgehead atoms. The molecule has 5 nitrogen and oxygen atoms in total. The highest BCUT2D eigenvalue weighted by atomic mass is 16.5. The first kappa shape index (κ1) is 15.9. The standard InChI is InChI=1S/C20H23N3O2/c1-14-5-4-8-19(21-14)23-11-9-16(10-12-23)22-20(24)18-13-15-6-2-3-7-17(15)25-18/h2-8,16,18H,9-13H2,1H3,(H,22,24). The number of hydrogen-bond acceptors (Lipinski definition) is 4. The first-order chi connectivity index (χ1) is 12.2. The van der Waals surface area contributed by atoms with Crippen LogP contribution in [0.2, 0.25) is 0 Å². The van der Waals surface area contributed by atoms with Gasteiger partial charge in [0.05, 0.1) is 0 Å². The number of pyridine rings is 1. The molecular weight excluding hydrogens is 314 g/mol. The predicted molar refractivity (Wildman–Crippen MR) is 96.9 cm³/mol. The van der Waals surface area contributed by atoms with Gasteiger partial charge in [0.15, 0.2) is 6.10 Å². The zero-order chi connectivity index (χ0) is 17.2. The summed E-state index contributed by atoms with van der Waals surface area (Å²) in [6.45, 7) is 3.83. The Kier molecular flexibility index (Phi) is 4.30. The van der Waals surface area contributed by atoms with Gasteiger partial charge in [0.2, 0.25) is 0 Å². The molecule has 2 aliphatic rings. The molecule has 1 amide bonds. The van der Waals surface area contributed by atoms with E-state index in [0.717, 1.165) is 48.8 Å². The molecule has 5 heteroatoms. The maximum Gasteiger partial charge on any atom is 0.261 e. The van der Waals surface area contributed by atoms with Crippen LogP contribution in [-0.2, 0) is 11.2 Å². The molecule has 0 aliphatic carbocycles. The van der Waals surface area contributed by atoms with Gasteiger partial charge in [0.25, 0.3) is 5.91 Å². The van der Waals surface area contributed by atoms with Crippen molar-refractivity contribution < 1.29 is 9.53 Å². The summed E-state index contributed by atoms with van der Waals surface area (Å²) < 4.78 is 5.78. The summed E-state index contributed by atoms with van der Waals surface area (Å²) in [5.74, 6) is 1.87. The van der Waals surface area contributed by atoms with E-state index < -0.39 is 6.10 Å². The minimum atomic E-state index is -0.395. The fraction of sp³-hybridized carbons (Fsp3) is 0.400. The largest absolute Gasteiger partial charge is 0.480 e. The number of aryl methyl sites for hydroxylation is 1. The summed E-state index contributed by atoms with van der Waals surface area (Å²) in [4.78, 5) is 19.4. The molecule has 1 saturated heterocycles. The van der Waals surface area contributed by atoms with Gasteiger partial charge in [-0.05, 0) is 43.5 Å². The zero-order valence-corrected chi connectivity index (χ0v) is 14.4. The van der Waals surface area contributed by atoms with E-state index in [9.17, 15) is 4.79 Å². The molecule has 25 heavy (non-hydrogen) atoms. The number of ether oxygens (including phenoxy) is 1. The summed E-state index contributed by atoms with van der Waals surface area (Å²) in [6.07, 6.45) is 2.13. The zero-order valence-electron chi connectivity index (χ0n) is 14.4. The monoisotopic (exact) mass is 337 g/mol. The molecule has 0 spiro atoms. The van der Waals surface area contributed by atoms with E-state index in [4.69, 9.17) is 4.74 Å².